The summed E-state index contributed by atoms with van der Waals surface area (Å²) in [7, 11) is -3.50. The van der Waals surface area contributed by atoms with Gasteiger partial charge in [0.25, 0.3) is 0 Å². The van der Waals surface area contributed by atoms with E-state index in [-0.39, 0.29) is 22.5 Å². The highest BCUT2D eigenvalue weighted by atomic mass is 35.5. The Kier molecular flexibility index (Phi) is 6.51. The molecule has 2 aliphatic heterocycles. The molecule has 1 amide bonds. The van der Waals surface area contributed by atoms with Crippen molar-refractivity contribution in [3.05, 3.63) is 46.3 Å². The quantitative estimate of drug-likeness (QED) is 0.674. The third kappa shape index (κ3) is 4.79. The van der Waals surface area contributed by atoms with Crippen LogP contribution in [0.15, 0.2) is 35.4 Å². The summed E-state index contributed by atoms with van der Waals surface area (Å²) in [6, 6.07) is 4.89. The van der Waals surface area contributed by atoms with E-state index in [1.54, 1.807) is 12.3 Å². The molecule has 1 aromatic heterocycles. The largest absolute Gasteiger partial charge is 0.371 e. The Morgan fingerprint density at radius 1 is 1.12 bits per heavy atom. The maximum Gasteiger partial charge on any atom is 0.245 e. The fourth-order valence-corrected chi connectivity index (χ4v) is 5.39. The maximum absolute atomic E-state index is 14.4. The summed E-state index contributed by atoms with van der Waals surface area (Å²) in [6.45, 7) is 2.01. The van der Waals surface area contributed by atoms with Gasteiger partial charge in [0, 0.05) is 38.1 Å². The number of carbonyl (C=O) groups excluding carboxylic acids is 1. The predicted molar refractivity (Wildman–Crippen MR) is 123 cm³/mol. The van der Waals surface area contributed by atoms with Gasteiger partial charge >= 0.3 is 0 Å². The van der Waals surface area contributed by atoms with E-state index in [2.05, 4.69) is 15.2 Å². The molecule has 0 spiro atoms. The van der Waals surface area contributed by atoms with Crippen LogP contribution in [0.5, 0.6) is 0 Å². The van der Waals surface area contributed by atoms with Crippen LogP contribution >= 0.6 is 23.2 Å². The second kappa shape index (κ2) is 9.03. The molecule has 4 rings (SSSR count). The highest BCUT2D eigenvalue weighted by Gasteiger charge is 2.37. The Hall–Kier alpha value is -2.10. The molecule has 0 radical (unpaired) electrons. The molecular formula is C21H23Cl2FN4O3S. The first kappa shape index (κ1) is 23.1. The van der Waals surface area contributed by atoms with Crippen molar-refractivity contribution in [3.63, 3.8) is 0 Å². The number of benzene rings is 1. The second-order valence-corrected chi connectivity index (χ2v) is 11.0. The minimum Gasteiger partial charge on any atom is -0.371 e. The van der Waals surface area contributed by atoms with Gasteiger partial charge in [-0.1, -0.05) is 23.2 Å². The normalized spacial score (nSPS) is 20.1. The molecule has 0 aliphatic carbocycles. The van der Waals surface area contributed by atoms with Gasteiger partial charge in [0.1, 0.15) is 17.7 Å². The number of aromatic nitrogens is 1. The van der Waals surface area contributed by atoms with Gasteiger partial charge in [-0.2, -0.15) is 0 Å². The van der Waals surface area contributed by atoms with Crippen molar-refractivity contribution in [2.75, 3.05) is 36.1 Å². The Labute approximate surface area is 196 Å². The molecular weight excluding hydrogens is 478 g/mol. The fourth-order valence-electron chi connectivity index (χ4n) is 4.26. The van der Waals surface area contributed by atoms with Crippen LogP contribution in [0.2, 0.25) is 10.0 Å². The van der Waals surface area contributed by atoms with Crippen molar-refractivity contribution >= 4 is 50.5 Å². The summed E-state index contributed by atoms with van der Waals surface area (Å²) < 4.78 is 37.6. The summed E-state index contributed by atoms with van der Waals surface area (Å²) in [6.07, 6.45) is 4.69. The molecule has 7 nitrogen and oxygen atoms in total. The van der Waals surface area contributed by atoms with Crippen LogP contribution in [-0.2, 0) is 14.6 Å². The molecule has 1 aromatic carbocycles. The molecule has 172 valence electrons. The number of piperidine rings is 1. The lowest BCUT2D eigenvalue weighted by molar-refractivity contribution is -0.130. The number of sulfone groups is 1. The Balaban J connectivity index is 1.37. The Morgan fingerprint density at radius 2 is 1.84 bits per heavy atom. The second-order valence-electron chi connectivity index (χ2n) is 8.11. The monoisotopic (exact) mass is 500 g/mol. The van der Waals surface area contributed by atoms with Crippen molar-refractivity contribution < 1.29 is 17.6 Å². The zero-order valence-corrected chi connectivity index (χ0v) is 19.7. The molecule has 2 saturated heterocycles. The molecule has 2 aliphatic rings. The van der Waals surface area contributed by atoms with E-state index in [1.807, 2.05) is 4.90 Å². The van der Waals surface area contributed by atoms with Crippen LogP contribution in [-0.4, -0.2) is 62.2 Å². The zero-order chi connectivity index (χ0) is 23.0. The number of rotatable bonds is 5. The smallest absolute Gasteiger partial charge is 0.245 e. The van der Waals surface area contributed by atoms with Crippen LogP contribution in [0.25, 0.3) is 0 Å². The molecule has 2 fully saturated rings. The van der Waals surface area contributed by atoms with E-state index in [1.165, 1.54) is 12.1 Å². The average Bonchev–Trinajstić information content (AvgIpc) is 3.09. The fraction of sp³-hybridized carbons (Fsp3) is 0.429. The molecule has 1 unspecified atom stereocenters. The van der Waals surface area contributed by atoms with E-state index in [9.17, 15) is 17.6 Å². The third-order valence-electron chi connectivity index (χ3n) is 5.93. The molecule has 0 saturated carbocycles. The number of hydrogen-bond acceptors (Lipinski definition) is 6. The highest BCUT2D eigenvalue weighted by Crippen LogP contribution is 2.31. The first-order valence-corrected chi connectivity index (χ1v) is 12.9. The Bertz CT molecular complexity index is 1140. The number of hydrogen-bond donors (Lipinski definition) is 1. The van der Waals surface area contributed by atoms with Crippen molar-refractivity contribution in [3.8, 4) is 0 Å². The van der Waals surface area contributed by atoms with E-state index < -0.39 is 21.7 Å². The minimum atomic E-state index is -3.50. The van der Waals surface area contributed by atoms with Gasteiger partial charge in [0.05, 0.1) is 20.6 Å². The van der Waals surface area contributed by atoms with Crippen molar-refractivity contribution in [2.45, 2.75) is 36.2 Å². The van der Waals surface area contributed by atoms with Gasteiger partial charge in [0.15, 0.2) is 9.84 Å². The molecule has 3 heterocycles. The van der Waals surface area contributed by atoms with Crippen LogP contribution < -0.4 is 10.2 Å². The summed E-state index contributed by atoms with van der Waals surface area (Å²) in [5.41, 5.74) is 0.121. The molecule has 11 heteroatoms. The molecule has 32 heavy (non-hydrogen) atoms. The summed E-state index contributed by atoms with van der Waals surface area (Å²) in [5.74, 6) is -0.0765. The van der Waals surface area contributed by atoms with Gasteiger partial charge in [-0.25, -0.2) is 17.8 Å². The Morgan fingerprint density at radius 3 is 2.47 bits per heavy atom. The van der Waals surface area contributed by atoms with Crippen molar-refractivity contribution in [1.29, 1.82) is 0 Å². The van der Waals surface area contributed by atoms with E-state index >= 15 is 0 Å². The standard InChI is InChI=1S/C21H23Cl2FN4O3S/c1-32(30,31)15-2-3-18(17(24)11-15)26-19-6-9-28(21(19)29)14-4-7-27(8-5-14)20-16(23)10-13(22)12-25-20/h2-3,10-12,14,19,26H,4-9H2,1H3. The predicted octanol–water partition coefficient (Wildman–Crippen LogP) is 3.61. The first-order chi connectivity index (χ1) is 15.1. The average molecular weight is 501 g/mol. The molecule has 1 N–H and O–H groups in total. The van der Waals surface area contributed by atoms with E-state index in [0.717, 1.165) is 25.2 Å². The van der Waals surface area contributed by atoms with Crippen molar-refractivity contribution in [1.82, 2.24) is 9.88 Å². The number of halogens is 3. The number of carbonyl (C=O) groups is 1. The lowest BCUT2D eigenvalue weighted by atomic mass is 10.0. The number of amides is 1. The lowest BCUT2D eigenvalue weighted by Gasteiger charge is -2.37. The van der Waals surface area contributed by atoms with Gasteiger partial charge in [-0.05, 0) is 43.5 Å². The highest BCUT2D eigenvalue weighted by molar-refractivity contribution is 7.90. The van der Waals surface area contributed by atoms with Crippen molar-refractivity contribution in [2.24, 2.45) is 0 Å². The van der Waals surface area contributed by atoms with Crippen LogP contribution in [0, 0.1) is 5.82 Å². The van der Waals surface area contributed by atoms with Gasteiger partial charge in [-0.3, -0.25) is 4.79 Å². The van der Waals surface area contributed by atoms with E-state index in [0.29, 0.717) is 41.9 Å². The SMILES string of the molecule is CS(=O)(=O)c1ccc(NC2CCN(C3CCN(c4ncc(Cl)cc4Cl)CC3)C2=O)c(F)c1. The van der Waals surface area contributed by atoms with Crippen LogP contribution in [0.4, 0.5) is 15.9 Å². The number of nitrogens with zero attached hydrogens (tertiary/aromatic N) is 3. The molecule has 1 atom stereocenters. The van der Waals surface area contributed by atoms with Crippen LogP contribution in [0.3, 0.4) is 0 Å². The van der Waals surface area contributed by atoms with Crippen LogP contribution in [0.1, 0.15) is 19.3 Å². The minimum absolute atomic E-state index is 0.0716. The number of anilines is 2. The summed E-state index contributed by atoms with van der Waals surface area (Å²) >= 11 is 12.2. The van der Waals surface area contributed by atoms with Gasteiger partial charge in [0.2, 0.25) is 5.91 Å². The zero-order valence-electron chi connectivity index (χ0n) is 17.4. The molecule has 0 bridgehead atoms. The van der Waals surface area contributed by atoms with E-state index in [4.69, 9.17) is 23.2 Å². The number of nitrogens with one attached hydrogen (secondary N) is 1. The lowest BCUT2D eigenvalue weighted by Crippen LogP contribution is -2.47. The topological polar surface area (TPSA) is 82.6 Å². The molecule has 2 aromatic rings. The number of likely N-dealkylation sites (tertiary alicyclic amines) is 1. The van der Waals surface area contributed by atoms with Gasteiger partial charge in [-0.15, -0.1) is 0 Å². The summed E-state index contributed by atoms with van der Waals surface area (Å²) in [4.78, 5) is 21.1. The summed E-state index contributed by atoms with van der Waals surface area (Å²) in [5, 5.41) is 3.93. The third-order valence-corrected chi connectivity index (χ3v) is 7.53. The maximum atomic E-state index is 14.4. The van der Waals surface area contributed by atoms with Gasteiger partial charge < -0.3 is 15.1 Å². The first-order valence-electron chi connectivity index (χ1n) is 10.3. The number of pyridine rings is 1.